The second kappa shape index (κ2) is 7.08. The number of carbonyl (C=O) groups excluding carboxylic acids is 1. The smallest absolute Gasteiger partial charge is 0.416 e. The summed E-state index contributed by atoms with van der Waals surface area (Å²) in [4.78, 5) is 21.9. The van der Waals surface area contributed by atoms with Gasteiger partial charge in [0.15, 0.2) is 0 Å². The number of aromatic nitrogens is 2. The zero-order chi connectivity index (χ0) is 17.9. The Hall–Kier alpha value is -2.64. The van der Waals surface area contributed by atoms with Gasteiger partial charge in [0.05, 0.1) is 24.7 Å². The average Bonchev–Trinajstić information content (AvgIpc) is 3.04. The molecule has 1 unspecified atom stereocenters. The average molecular weight is 351 g/mol. The van der Waals surface area contributed by atoms with Crippen molar-refractivity contribution >= 4 is 5.91 Å². The van der Waals surface area contributed by atoms with Crippen LogP contribution in [-0.4, -0.2) is 40.0 Å². The summed E-state index contributed by atoms with van der Waals surface area (Å²) in [6.45, 7) is 0.886. The zero-order valence-corrected chi connectivity index (χ0v) is 13.2. The number of rotatable bonds is 4. The third-order valence-corrected chi connectivity index (χ3v) is 3.93. The third kappa shape index (κ3) is 4.46. The van der Waals surface area contributed by atoms with E-state index < -0.39 is 11.7 Å². The molecular formula is C17H16F3N3O2. The Balaban J connectivity index is 1.58. The summed E-state index contributed by atoms with van der Waals surface area (Å²) >= 11 is 0. The maximum atomic E-state index is 12.7. The van der Waals surface area contributed by atoms with Crippen molar-refractivity contribution in [2.24, 2.45) is 0 Å². The highest BCUT2D eigenvalue weighted by molar-refractivity contribution is 5.79. The van der Waals surface area contributed by atoms with E-state index in [0.717, 1.165) is 12.1 Å². The summed E-state index contributed by atoms with van der Waals surface area (Å²) in [5.41, 5.74) is -0.402. The molecule has 5 nitrogen and oxygen atoms in total. The van der Waals surface area contributed by atoms with Crippen molar-refractivity contribution in [1.82, 2.24) is 14.9 Å². The molecule has 0 N–H and O–H groups in total. The molecular weight excluding hydrogens is 335 g/mol. The van der Waals surface area contributed by atoms with Gasteiger partial charge in [0.1, 0.15) is 6.10 Å². The van der Waals surface area contributed by atoms with Crippen LogP contribution in [0.15, 0.2) is 42.9 Å². The van der Waals surface area contributed by atoms with Gasteiger partial charge in [-0.25, -0.2) is 4.98 Å². The highest BCUT2D eigenvalue weighted by Gasteiger charge is 2.31. The first-order valence-corrected chi connectivity index (χ1v) is 7.78. The standard InChI is InChI=1S/C17H16F3N3O2/c18-17(19,20)13-3-1-2-12(8-13)9-16(24)23-7-4-14(11-23)25-15-10-21-5-6-22-15/h1-3,5-6,8,10,14H,4,7,9,11H2. The van der Waals surface area contributed by atoms with Gasteiger partial charge in [-0.1, -0.05) is 18.2 Å². The van der Waals surface area contributed by atoms with Crippen LogP contribution in [0.1, 0.15) is 17.5 Å². The molecule has 1 atom stereocenters. The number of carbonyl (C=O) groups is 1. The molecule has 0 aliphatic carbocycles. The van der Waals surface area contributed by atoms with Crippen molar-refractivity contribution in [2.45, 2.75) is 25.1 Å². The predicted octanol–water partition coefficient (Wildman–Crippen LogP) is 2.72. The molecule has 0 bridgehead atoms. The summed E-state index contributed by atoms with van der Waals surface area (Å²) in [7, 11) is 0. The van der Waals surface area contributed by atoms with Gasteiger partial charge < -0.3 is 9.64 Å². The second-order valence-corrected chi connectivity index (χ2v) is 5.79. The van der Waals surface area contributed by atoms with Gasteiger partial charge in [0.25, 0.3) is 0 Å². The van der Waals surface area contributed by atoms with Crippen LogP contribution in [0.2, 0.25) is 0 Å². The molecule has 0 radical (unpaired) electrons. The summed E-state index contributed by atoms with van der Waals surface area (Å²) in [5, 5.41) is 0. The molecule has 1 saturated heterocycles. The minimum Gasteiger partial charge on any atom is -0.471 e. The molecule has 1 aromatic heterocycles. The first-order valence-electron chi connectivity index (χ1n) is 7.78. The van der Waals surface area contributed by atoms with Crippen LogP contribution in [-0.2, 0) is 17.4 Å². The Kier molecular flexibility index (Phi) is 4.87. The van der Waals surface area contributed by atoms with E-state index in [9.17, 15) is 18.0 Å². The summed E-state index contributed by atoms with van der Waals surface area (Å²) in [6.07, 6.45) is 0.511. The Morgan fingerprint density at radius 1 is 1.32 bits per heavy atom. The van der Waals surface area contributed by atoms with Gasteiger partial charge in [0.2, 0.25) is 11.8 Å². The molecule has 132 valence electrons. The van der Waals surface area contributed by atoms with E-state index >= 15 is 0 Å². The molecule has 1 aromatic carbocycles. The Morgan fingerprint density at radius 3 is 2.88 bits per heavy atom. The van der Waals surface area contributed by atoms with Crippen molar-refractivity contribution in [3.05, 3.63) is 54.0 Å². The van der Waals surface area contributed by atoms with Crippen LogP contribution < -0.4 is 4.74 Å². The Morgan fingerprint density at radius 2 is 2.16 bits per heavy atom. The van der Waals surface area contributed by atoms with Gasteiger partial charge in [0, 0.05) is 25.4 Å². The molecule has 0 spiro atoms. The number of hydrogen-bond donors (Lipinski definition) is 0. The summed E-state index contributed by atoms with van der Waals surface area (Å²) < 4.78 is 43.9. The van der Waals surface area contributed by atoms with E-state index in [4.69, 9.17) is 4.74 Å². The minimum absolute atomic E-state index is 0.0677. The van der Waals surface area contributed by atoms with Crippen LogP contribution in [0, 0.1) is 0 Å². The van der Waals surface area contributed by atoms with Crippen LogP contribution in [0.5, 0.6) is 5.88 Å². The Bertz CT molecular complexity index is 737. The molecule has 1 aliphatic heterocycles. The first-order chi connectivity index (χ1) is 11.9. The number of halogens is 3. The van der Waals surface area contributed by atoms with E-state index in [1.54, 1.807) is 4.90 Å². The molecule has 1 fully saturated rings. The largest absolute Gasteiger partial charge is 0.471 e. The fourth-order valence-electron chi connectivity index (χ4n) is 2.71. The SMILES string of the molecule is O=C(Cc1cccc(C(F)(F)F)c1)N1CCC(Oc2cnccn2)C1. The van der Waals surface area contributed by atoms with Crippen molar-refractivity contribution < 1.29 is 22.7 Å². The number of benzene rings is 1. The quantitative estimate of drug-likeness (QED) is 0.850. The molecule has 8 heteroatoms. The first kappa shape index (κ1) is 17.2. The van der Waals surface area contributed by atoms with Crippen LogP contribution in [0.3, 0.4) is 0 Å². The van der Waals surface area contributed by atoms with Crippen molar-refractivity contribution in [3.63, 3.8) is 0 Å². The van der Waals surface area contributed by atoms with Gasteiger partial charge in [-0.3, -0.25) is 9.78 Å². The van der Waals surface area contributed by atoms with E-state index in [-0.39, 0.29) is 18.4 Å². The second-order valence-electron chi connectivity index (χ2n) is 5.79. The predicted molar refractivity (Wildman–Crippen MR) is 82.8 cm³/mol. The highest BCUT2D eigenvalue weighted by atomic mass is 19.4. The summed E-state index contributed by atoms with van der Waals surface area (Å²) in [6, 6.07) is 4.85. The van der Waals surface area contributed by atoms with E-state index in [1.807, 2.05) is 0 Å². The molecule has 3 rings (SSSR count). The van der Waals surface area contributed by atoms with Crippen molar-refractivity contribution in [3.8, 4) is 5.88 Å². The zero-order valence-electron chi connectivity index (χ0n) is 13.2. The van der Waals surface area contributed by atoms with Crippen molar-refractivity contribution in [1.29, 1.82) is 0 Å². The number of ether oxygens (including phenoxy) is 1. The molecule has 0 saturated carbocycles. The fourth-order valence-corrected chi connectivity index (χ4v) is 2.71. The number of nitrogens with zero attached hydrogens (tertiary/aromatic N) is 3. The number of alkyl halides is 3. The van der Waals surface area contributed by atoms with E-state index in [2.05, 4.69) is 9.97 Å². The lowest BCUT2D eigenvalue weighted by atomic mass is 10.1. The molecule has 2 heterocycles. The van der Waals surface area contributed by atoms with E-state index in [1.165, 1.54) is 30.7 Å². The number of amides is 1. The lowest BCUT2D eigenvalue weighted by molar-refractivity contribution is -0.138. The number of hydrogen-bond acceptors (Lipinski definition) is 4. The molecule has 25 heavy (non-hydrogen) atoms. The third-order valence-electron chi connectivity index (χ3n) is 3.93. The molecule has 1 amide bonds. The van der Waals surface area contributed by atoms with Gasteiger partial charge in [-0.2, -0.15) is 13.2 Å². The van der Waals surface area contributed by atoms with E-state index in [0.29, 0.717) is 31.0 Å². The monoisotopic (exact) mass is 351 g/mol. The molecule has 1 aliphatic rings. The van der Waals surface area contributed by atoms with Crippen LogP contribution in [0.25, 0.3) is 0 Å². The van der Waals surface area contributed by atoms with Crippen LogP contribution >= 0.6 is 0 Å². The van der Waals surface area contributed by atoms with Gasteiger partial charge in [-0.15, -0.1) is 0 Å². The highest BCUT2D eigenvalue weighted by Crippen LogP contribution is 2.29. The summed E-state index contributed by atoms with van der Waals surface area (Å²) in [5.74, 6) is 0.171. The van der Waals surface area contributed by atoms with Gasteiger partial charge in [-0.05, 0) is 11.6 Å². The Labute approximate surface area is 142 Å². The number of likely N-dealkylation sites (tertiary alicyclic amines) is 1. The fraction of sp³-hybridized carbons (Fsp3) is 0.353. The maximum absolute atomic E-state index is 12.7. The normalized spacial score (nSPS) is 17.6. The topological polar surface area (TPSA) is 55.3 Å². The lowest BCUT2D eigenvalue weighted by Crippen LogP contribution is -2.32. The minimum atomic E-state index is -4.41. The lowest BCUT2D eigenvalue weighted by Gasteiger charge is -2.17. The molecule has 2 aromatic rings. The van der Waals surface area contributed by atoms with Crippen LogP contribution in [0.4, 0.5) is 13.2 Å². The van der Waals surface area contributed by atoms with Crippen molar-refractivity contribution in [2.75, 3.05) is 13.1 Å². The van der Waals surface area contributed by atoms with Gasteiger partial charge >= 0.3 is 6.18 Å². The maximum Gasteiger partial charge on any atom is 0.416 e.